The van der Waals surface area contributed by atoms with Crippen molar-refractivity contribution in [3.63, 3.8) is 0 Å². The van der Waals surface area contributed by atoms with Crippen LogP contribution in [0.25, 0.3) is 0 Å². The minimum atomic E-state index is -0.366. The molecule has 0 spiro atoms. The van der Waals surface area contributed by atoms with Gasteiger partial charge in [0.2, 0.25) is 5.91 Å². The maximum Gasteiger partial charge on any atom is 0.248 e. The van der Waals surface area contributed by atoms with Crippen LogP contribution < -0.4 is 10.6 Å². The lowest BCUT2D eigenvalue weighted by Crippen LogP contribution is -2.65. The molecule has 0 unspecified atom stereocenters. The zero-order chi connectivity index (χ0) is 21.1. The fourth-order valence-electron chi connectivity index (χ4n) is 6.32. The Hall–Kier alpha value is -1.52. The van der Waals surface area contributed by atoms with Gasteiger partial charge < -0.3 is 10.6 Å². The number of alkyl halides is 1. The Morgan fingerprint density at radius 3 is 2.27 bits per heavy atom. The highest BCUT2D eigenvalue weighted by atomic mass is 35.5. The first-order chi connectivity index (χ1) is 14.2. The van der Waals surface area contributed by atoms with Gasteiger partial charge in [-0.2, -0.15) is 0 Å². The van der Waals surface area contributed by atoms with E-state index in [1.54, 1.807) is 11.1 Å². The third-order valence-corrected chi connectivity index (χ3v) is 8.50. The Labute approximate surface area is 185 Å². The van der Waals surface area contributed by atoms with Gasteiger partial charge in [0.1, 0.15) is 0 Å². The van der Waals surface area contributed by atoms with E-state index in [1.165, 1.54) is 44.2 Å². The summed E-state index contributed by atoms with van der Waals surface area (Å²) in [5, 5.41) is 0. The van der Waals surface area contributed by atoms with Crippen LogP contribution in [-0.2, 0) is 0 Å². The van der Waals surface area contributed by atoms with Gasteiger partial charge in [-0.1, -0.05) is 25.0 Å². The molecule has 3 saturated carbocycles. The second kappa shape index (κ2) is 7.00. The molecule has 4 nitrogen and oxygen atoms in total. The van der Waals surface area contributed by atoms with Crippen LogP contribution in [0.3, 0.4) is 0 Å². The molecule has 1 aromatic carbocycles. The molecule has 1 saturated heterocycles. The number of anilines is 1. The van der Waals surface area contributed by atoms with Crippen molar-refractivity contribution in [2.24, 2.45) is 16.6 Å². The van der Waals surface area contributed by atoms with Crippen LogP contribution in [0.15, 0.2) is 35.4 Å². The van der Waals surface area contributed by atoms with Gasteiger partial charge in [0.05, 0.1) is 0 Å². The molecule has 0 atom stereocenters. The number of carbonyl (C=O) groups excluding carboxylic acids is 1. The maximum atomic E-state index is 11.3. The molecule has 0 radical (unpaired) electrons. The van der Waals surface area contributed by atoms with Crippen molar-refractivity contribution in [3.8, 4) is 0 Å². The number of hydrogen-bond donors (Lipinski definition) is 1. The predicted molar refractivity (Wildman–Crippen MR) is 123 cm³/mol. The molecule has 162 valence electrons. The topological polar surface area (TPSA) is 49.6 Å². The summed E-state index contributed by atoms with van der Waals surface area (Å²) in [6.07, 6.45) is 7.47. The summed E-state index contributed by atoms with van der Waals surface area (Å²) in [6, 6.07) is 7.70. The zero-order valence-corrected chi connectivity index (χ0v) is 19.1. The molecule has 5 heteroatoms. The van der Waals surface area contributed by atoms with E-state index in [1.807, 2.05) is 24.3 Å². The smallest absolute Gasteiger partial charge is 0.248 e. The maximum absolute atomic E-state index is 11.3. The van der Waals surface area contributed by atoms with Crippen molar-refractivity contribution in [3.05, 3.63) is 41.0 Å². The highest BCUT2D eigenvalue weighted by Gasteiger charge is 2.69. The largest absolute Gasteiger partial charge is 0.369 e. The second-order valence-electron chi connectivity index (χ2n) is 11.1. The first-order valence-corrected chi connectivity index (χ1v) is 11.8. The molecular weight excluding hydrogens is 394 g/mol. The molecule has 1 amide bonds. The highest BCUT2D eigenvalue weighted by molar-refractivity contribution is 6.26. The van der Waals surface area contributed by atoms with Gasteiger partial charge in [-0.3, -0.25) is 9.69 Å². The van der Waals surface area contributed by atoms with E-state index in [0.29, 0.717) is 16.4 Å². The van der Waals surface area contributed by atoms with E-state index in [9.17, 15) is 4.79 Å². The number of nitrogens with two attached hydrogens (primary N) is 1. The normalized spacial score (nSPS) is 33.1. The van der Waals surface area contributed by atoms with Crippen molar-refractivity contribution in [2.45, 2.75) is 57.2 Å². The van der Waals surface area contributed by atoms with Gasteiger partial charge >= 0.3 is 0 Å². The molecule has 5 aliphatic rings. The molecular formula is C25H34ClN3O. The lowest BCUT2D eigenvalue weighted by Gasteiger charge is -2.70. The number of primary amides is 1. The van der Waals surface area contributed by atoms with Crippen LogP contribution in [0.5, 0.6) is 0 Å². The minimum absolute atomic E-state index is 0.148. The van der Waals surface area contributed by atoms with E-state index in [-0.39, 0.29) is 10.8 Å². The third kappa shape index (κ3) is 3.56. The van der Waals surface area contributed by atoms with Crippen molar-refractivity contribution in [1.82, 2.24) is 4.90 Å². The quantitative estimate of drug-likeness (QED) is 0.552. The molecule has 2 N–H and O–H groups in total. The molecule has 6 rings (SSSR count). The van der Waals surface area contributed by atoms with Gasteiger partial charge in [0.25, 0.3) is 0 Å². The molecule has 4 aliphatic carbocycles. The number of rotatable bonds is 5. The number of benzene rings is 1. The summed E-state index contributed by atoms with van der Waals surface area (Å²) in [5.74, 6) is -0.366. The van der Waals surface area contributed by atoms with Gasteiger partial charge in [-0.25, -0.2) is 0 Å². The number of piperazine rings is 1. The Bertz CT molecular complexity index is 860. The van der Waals surface area contributed by atoms with Crippen molar-refractivity contribution in [1.29, 1.82) is 0 Å². The second-order valence-corrected chi connectivity index (χ2v) is 11.9. The van der Waals surface area contributed by atoms with E-state index in [2.05, 4.69) is 23.6 Å². The highest BCUT2D eigenvalue weighted by Crippen LogP contribution is 2.75. The zero-order valence-electron chi connectivity index (χ0n) is 18.3. The van der Waals surface area contributed by atoms with Gasteiger partial charge in [-0.15, -0.1) is 11.6 Å². The van der Waals surface area contributed by atoms with E-state index < -0.39 is 0 Å². The number of nitrogens with zero attached hydrogens (tertiary/aromatic N) is 2. The van der Waals surface area contributed by atoms with Crippen molar-refractivity contribution in [2.75, 3.05) is 37.6 Å². The summed E-state index contributed by atoms with van der Waals surface area (Å²) >= 11 is 6.63. The summed E-state index contributed by atoms with van der Waals surface area (Å²) in [5.41, 5.74) is 11.5. The predicted octanol–water partition coefficient (Wildman–Crippen LogP) is 4.58. The fourth-order valence-corrected chi connectivity index (χ4v) is 7.09. The van der Waals surface area contributed by atoms with E-state index >= 15 is 0 Å². The number of halogens is 1. The molecule has 4 fully saturated rings. The van der Waals surface area contributed by atoms with E-state index in [4.69, 9.17) is 17.3 Å². The van der Waals surface area contributed by atoms with Gasteiger partial charge in [0, 0.05) is 48.8 Å². The van der Waals surface area contributed by atoms with Crippen LogP contribution in [-0.4, -0.2) is 48.4 Å². The third-order valence-electron chi connectivity index (χ3n) is 8.10. The summed E-state index contributed by atoms with van der Waals surface area (Å²) in [6.45, 7) is 10.2. The summed E-state index contributed by atoms with van der Waals surface area (Å²) < 4.78 is 0. The lowest BCUT2D eigenvalue weighted by atomic mass is 9.39. The van der Waals surface area contributed by atoms with Crippen molar-refractivity contribution >= 4 is 23.2 Å². The van der Waals surface area contributed by atoms with Gasteiger partial charge in [0.15, 0.2) is 0 Å². The van der Waals surface area contributed by atoms with Crippen LogP contribution in [0.4, 0.5) is 5.69 Å². The van der Waals surface area contributed by atoms with Crippen LogP contribution in [0.1, 0.15) is 62.7 Å². The molecule has 30 heavy (non-hydrogen) atoms. The Morgan fingerprint density at radius 1 is 1.07 bits per heavy atom. The van der Waals surface area contributed by atoms with Crippen LogP contribution in [0, 0.1) is 10.8 Å². The molecule has 0 aromatic heterocycles. The van der Waals surface area contributed by atoms with E-state index in [0.717, 1.165) is 32.7 Å². The Balaban J connectivity index is 1.24. The lowest BCUT2D eigenvalue weighted by molar-refractivity contribution is -0.0535. The molecule has 1 aromatic rings. The monoisotopic (exact) mass is 427 g/mol. The number of amides is 1. The first-order valence-electron chi connectivity index (χ1n) is 11.4. The number of hydrogen-bond acceptors (Lipinski definition) is 3. The van der Waals surface area contributed by atoms with Gasteiger partial charge in [-0.05, 0) is 73.6 Å². The number of allylic oxidation sites excluding steroid dienone is 1. The number of carbonyl (C=O) groups is 1. The molecule has 2 bridgehead atoms. The molecule has 1 aliphatic heterocycles. The summed E-state index contributed by atoms with van der Waals surface area (Å²) in [4.78, 5) is 16.5. The first kappa shape index (κ1) is 20.4. The van der Waals surface area contributed by atoms with Crippen LogP contribution >= 0.6 is 11.6 Å². The molecule has 1 heterocycles. The summed E-state index contributed by atoms with van der Waals surface area (Å²) in [7, 11) is 0. The Kier molecular flexibility index (Phi) is 4.75. The fraction of sp³-hybridized carbons (Fsp3) is 0.640. The Morgan fingerprint density at radius 2 is 1.70 bits per heavy atom. The standard InChI is InChI=1S/C25H34ClN3O/c1-23(2)8-7-19(21(13-23)24-15-25(26,16-24)17-24)14-28-9-11-29(12-10-28)20-5-3-18(4-6-20)22(27)30/h3-6H,7-17H2,1-2H3,(H2,27,30). The van der Waals surface area contributed by atoms with Crippen LogP contribution in [0.2, 0.25) is 0 Å². The average molecular weight is 428 g/mol. The van der Waals surface area contributed by atoms with Crippen molar-refractivity contribution < 1.29 is 4.79 Å². The average Bonchev–Trinajstić information content (AvgIpc) is 2.67. The SMILES string of the molecule is CC1(C)CCC(CN2CCN(c3ccc(C(N)=O)cc3)CC2)=C(C23CC(Cl)(C2)C3)C1. The minimum Gasteiger partial charge on any atom is -0.369 e.